The first-order valence-electron chi connectivity index (χ1n) is 8.38. The number of nitrogens with one attached hydrogen (secondary N) is 1. The van der Waals surface area contributed by atoms with Crippen molar-refractivity contribution in [3.05, 3.63) is 65.5 Å². The van der Waals surface area contributed by atoms with Crippen LogP contribution in [0.25, 0.3) is 11.5 Å². The number of methoxy groups -OCH3 is 1. The highest BCUT2D eigenvalue weighted by molar-refractivity contribution is 5.52. The van der Waals surface area contributed by atoms with Gasteiger partial charge in [-0.25, -0.2) is 0 Å². The second-order valence-electron chi connectivity index (χ2n) is 6.16. The Kier molecular flexibility index (Phi) is 5.14. The van der Waals surface area contributed by atoms with Crippen LogP contribution in [0.5, 0.6) is 5.75 Å². The van der Waals surface area contributed by atoms with Crippen LogP contribution < -0.4 is 10.1 Å². The van der Waals surface area contributed by atoms with Crippen molar-refractivity contribution in [1.29, 1.82) is 0 Å². The summed E-state index contributed by atoms with van der Waals surface area (Å²) in [5.41, 5.74) is 3.22. The smallest absolute Gasteiger partial charge is 0.247 e. The average molecular weight is 337 g/mol. The fourth-order valence-electron chi connectivity index (χ4n) is 2.78. The number of ether oxygens (including phenoxy) is 1. The second kappa shape index (κ2) is 7.49. The summed E-state index contributed by atoms with van der Waals surface area (Å²) in [6, 6.07) is 16.0. The van der Waals surface area contributed by atoms with Gasteiger partial charge in [-0.15, -0.1) is 10.2 Å². The number of para-hydroxylation sites is 1. The van der Waals surface area contributed by atoms with Gasteiger partial charge in [-0.05, 0) is 39.0 Å². The SMILES string of the molecule is COc1ccccc1[C@@H](C)N[C@H](C)c1nnc(-c2ccc(C)cc2)o1. The third kappa shape index (κ3) is 3.88. The van der Waals surface area contributed by atoms with E-state index in [1.54, 1.807) is 7.11 Å². The lowest BCUT2D eigenvalue weighted by molar-refractivity contribution is 0.375. The Morgan fingerprint density at radius 1 is 0.960 bits per heavy atom. The van der Waals surface area contributed by atoms with E-state index in [0.717, 1.165) is 16.9 Å². The van der Waals surface area contributed by atoms with Crippen molar-refractivity contribution in [1.82, 2.24) is 15.5 Å². The summed E-state index contributed by atoms with van der Waals surface area (Å²) in [6.07, 6.45) is 0. The van der Waals surface area contributed by atoms with E-state index in [9.17, 15) is 0 Å². The molecule has 0 aliphatic carbocycles. The molecule has 0 aliphatic rings. The van der Waals surface area contributed by atoms with E-state index in [-0.39, 0.29) is 12.1 Å². The normalized spacial score (nSPS) is 13.4. The molecule has 130 valence electrons. The predicted molar refractivity (Wildman–Crippen MR) is 97.4 cm³/mol. The van der Waals surface area contributed by atoms with Gasteiger partial charge in [0.1, 0.15) is 5.75 Å². The first-order chi connectivity index (χ1) is 12.1. The largest absolute Gasteiger partial charge is 0.496 e. The second-order valence-corrected chi connectivity index (χ2v) is 6.16. The molecule has 1 heterocycles. The van der Waals surface area contributed by atoms with Gasteiger partial charge in [0, 0.05) is 17.2 Å². The number of nitrogens with zero attached hydrogens (tertiary/aromatic N) is 2. The lowest BCUT2D eigenvalue weighted by Crippen LogP contribution is -2.23. The van der Waals surface area contributed by atoms with E-state index in [2.05, 4.69) is 28.5 Å². The summed E-state index contributed by atoms with van der Waals surface area (Å²) < 4.78 is 11.3. The predicted octanol–water partition coefficient (Wildman–Crippen LogP) is 4.47. The van der Waals surface area contributed by atoms with Crippen molar-refractivity contribution in [2.75, 3.05) is 7.11 Å². The molecule has 1 N–H and O–H groups in total. The third-order valence-electron chi connectivity index (χ3n) is 4.22. The van der Waals surface area contributed by atoms with Crippen molar-refractivity contribution >= 4 is 0 Å². The highest BCUT2D eigenvalue weighted by atomic mass is 16.5. The highest BCUT2D eigenvalue weighted by Crippen LogP contribution is 2.27. The zero-order valence-corrected chi connectivity index (χ0v) is 15.0. The van der Waals surface area contributed by atoms with Gasteiger partial charge < -0.3 is 9.15 Å². The van der Waals surface area contributed by atoms with Gasteiger partial charge in [-0.2, -0.15) is 0 Å². The van der Waals surface area contributed by atoms with Crippen molar-refractivity contribution in [2.24, 2.45) is 0 Å². The molecule has 1 aromatic heterocycles. The highest BCUT2D eigenvalue weighted by Gasteiger charge is 2.19. The monoisotopic (exact) mass is 337 g/mol. The fraction of sp³-hybridized carbons (Fsp3) is 0.300. The van der Waals surface area contributed by atoms with E-state index in [1.807, 2.05) is 56.3 Å². The van der Waals surface area contributed by atoms with Crippen LogP contribution in [-0.4, -0.2) is 17.3 Å². The minimum absolute atomic E-state index is 0.0772. The molecular formula is C20H23N3O2. The van der Waals surface area contributed by atoms with Gasteiger partial charge in [0.05, 0.1) is 13.2 Å². The Labute approximate surface area is 148 Å². The van der Waals surface area contributed by atoms with Gasteiger partial charge in [0.2, 0.25) is 11.8 Å². The lowest BCUT2D eigenvalue weighted by Gasteiger charge is -2.20. The van der Waals surface area contributed by atoms with Crippen LogP contribution in [0.15, 0.2) is 52.9 Å². The molecule has 0 radical (unpaired) electrons. The fourth-order valence-corrected chi connectivity index (χ4v) is 2.78. The standard InChI is InChI=1S/C20H23N3O2/c1-13-9-11-16(12-10-13)20-23-22-19(25-20)15(3)21-14(2)17-7-5-6-8-18(17)24-4/h5-12,14-15,21H,1-4H3/t14-,15-/m1/s1. The maximum atomic E-state index is 5.85. The van der Waals surface area contributed by atoms with Crippen LogP contribution in [0, 0.1) is 6.92 Å². The maximum absolute atomic E-state index is 5.85. The van der Waals surface area contributed by atoms with Crippen LogP contribution in [0.3, 0.4) is 0 Å². The molecule has 0 aliphatic heterocycles. The number of hydrogen-bond donors (Lipinski definition) is 1. The van der Waals surface area contributed by atoms with Gasteiger partial charge in [-0.1, -0.05) is 35.9 Å². The molecule has 25 heavy (non-hydrogen) atoms. The molecule has 3 rings (SSSR count). The topological polar surface area (TPSA) is 60.2 Å². The first-order valence-corrected chi connectivity index (χ1v) is 8.38. The van der Waals surface area contributed by atoms with Crippen LogP contribution in [0.1, 0.15) is 42.9 Å². The van der Waals surface area contributed by atoms with Crippen LogP contribution in [0.4, 0.5) is 0 Å². The Balaban J connectivity index is 1.73. The molecule has 0 saturated carbocycles. The molecule has 0 saturated heterocycles. The number of rotatable bonds is 6. The summed E-state index contributed by atoms with van der Waals surface area (Å²) in [4.78, 5) is 0. The molecule has 0 bridgehead atoms. The van der Waals surface area contributed by atoms with Crippen molar-refractivity contribution in [3.63, 3.8) is 0 Å². The number of benzene rings is 2. The van der Waals surface area contributed by atoms with Crippen LogP contribution >= 0.6 is 0 Å². The molecule has 5 nitrogen and oxygen atoms in total. The van der Waals surface area contributed by atoms with E-state index in [4.69, 9.17) is 9.15 Å². The van der Waals surface area contributed by atoms with E-state index in [0.29, 0.717) is 11.8 Å². The van der Waals surface area contributed by atoms with Gasteiger partial charge in [0.15, 0.2) is 0 Å². The van der Waals surface area contributed by atoms with E-state index < -0.39 is 0 Å². The average Bonchev–Trinajstić information content (AvgIpc) is 3.12. The van der Waals surface area contributed by atoms with Crippen molar-refractivity contribution in [2.45, 2.75) is 32.9 Å². The minimum atomic E-state index is -0.0772. The molecule has 5 heteroatoms. The Bertz CT molecular complexity index is 827. The number of aryl methyl sites for hydroxylation is 1. The summed E-state index contributed by atoms with van der Waals surface area (Å²) in [6.45, 7) is 6.15. The molecule has 0 fully saturated rings. The molecular weight excluding hydrogens is 314 g/mol. The van der Waals surface area contributed by atoms with Gasteiger partial charge in [0.25, 0.3) is 0 Å². The Hall–Kier alpha value is -2.66. The Morgan fingerprint density at radius 3 is 2.40 bits per heavy atom. The van der Waals surface area contributed by atoms with Gasteiger partial charge in [-0.3, -0.25) is 5.32 Å². The lowest BCUT2D eigenvalue weighted by atomic mass is 10.1. The summed E-state index contributed by atoms with van der Waals surface area (Å²) in [5, 5.41) is 11.8. The van der Waals surface area contributed by atoms with Crippen molar-refractivity contribution < 1.29 is 9.15 Å². The zero-order chi connectivity index (χ0) is 17.8. The maximum Gasteiger partial charge on any atom is 0.247 e. The Morgan fingerprint density at radius 2 is 1.68 bits per heavy atom. The van der Waals surface area contributed by atoms with E-state index >= 15 is 0 Å². The molecule has 0 spiro atoms. The first kappa shape index (κ1) is 17.2. The van der Waals surface area contributed by atoms with Gasteiger partial charge >= 0.3 is 0 Å². The molecule has 0 unspecified atom stereocenters. The zero-order valence-electron chi connectivity index (χ0n) is 15.0. The summed E-state index contributed by atoms with van der Waals surface area (Å²) in [7, 11) is 1.68. The van der Waals surface area contributed by atoms with Crippen LogP contribution in [-0.2, 0) is 0 Å². The number of hydrogen-bond acceptors (Lipinski definition) is 5. The number of aromatic nitrogens is 2. The van der Waals surface area contributed by atoms with Crippen molar-refractivity contribution in [3.8, 4) is 17.2 Å². The molecule has 0 amide bonds. The third-order valence-corrected chi connectivity index (χ3v) is 4.22. The molecule has 2 aromatic carbocycles. The van der Waals surface area contributed by atoms with E-state index in [1.165, 1.54) is 5.56 Å². The summed E-state index contributed by atoms with van der Waals surface area (Å²) in [5.74, 6) is 1.96. The van der Waals surface area contributed by atoms with Crippen LogP contribution in [0.2, 0.25) is 0 Å². The summed E-state index contributed by atoms with van der Waals surface area (Å²) >= 11 is 0. The molecule has 2 atom stereocenters. The molecule has 3 aromatic rings. The minimum Gasteiger partial charge on any atom is -0.496 e. The quantitative estimate of drug-likeness (QED) is 0.719.